The minimum Gasteiger partial charge on any atom is -0.361 e. The van der Waals surface area contributed by atoms with Crippen molar-refractivity contribution in [3.8, 4) is 5.69 Å². The number of carbonyl (C=O) groups excluding carboxylic acids is 1. The number of aromatic nitrogens is 3. The molecule has 25 heavy (non-hydrogen) atoms. The average molecular weight is 330 g/mol. The quantitative estimate of drug-likeness (QED) is 0.591. The summed E-state index contributed by atoms with van der Waals surface area (Å²) in [5.74, 6) is -0.142. The molecule has 2 aromatic carbocycles. The van der Waals surface area contributed by atoms with Crippen molar-refractivity contribution >= 4 is 22.5 Å². The van der Waals surface area contributed by atoms with Gasteiger partial charge in [0.15, 0.2) is 0 Å². The van der Waals surface area contributed by atoms with E-state index in [1.165, 1.54) is 0 Å². The Bertz CT molecular complexity index is 1070. The fraction of sp³-hybridized carbons (Fsp3) is 0.100. The smallest absolute Gasteiger partial charge is 0.255 e. The highest BCUT2D eigenvalue weighted by molar-refractivity contribution is 6.09. The zero-order valence-electron chi connectivity index (χ0n) is 14.1. The van der Waals surface area contributed by atoms with Gasteiger partial charge in [-0.1, -0.05) is 12.1 Å². The highest BCUT2D eigenvalue weighted by Gasteiger charge is 2.11. The minimum atomic E-state index is -0.142. The second-order valence-corrected chi connectivity index (χ2v) is 6.09. The Morgan fingerprint density at radius 3 is 2.72 bits per heavy atom. The summed E-state index contributed by atoms with van der Waals surface area (Å²) in [6.07, 6.45) is 1.86. The number of rotatable bonds is 3. The molecule has 4 aromatic rings. The summed E-state index contributed by atoms with van der Waals surface area (Å²) in [5.41, 5.74) is 5.24. The molecule has 0 saturated carbocycles. The second kappa shape index (κ2) is 5.94. The number of aryl methyl sites for hydroxylation is 2. The van der Waals surface area contributed by atoms with Crippen LogP contribution in [0, 0.1) is 13.8 Å². The maximum atomic E-state index is 12.7. The van der Waals surface area contributed by atoms with E-state index < -0.39 is 0 Å². The SMILES string of the molecule is Cc1cc(C)n(-c2cccc(C(=O)Nc3cccc4[nH]ccc34)c2)n1. The molecule has 0 bridgehead atoms. The predicted molar refractivity (Wildman–Crippen MR) is 99.3 cm³/mol. The Hall–Kier alpha value is -3.34. The summed E-state index contributed by atoms with van der Waals surface area (Å²) >= 11 is 0. The number of H-pyrrole nitrogens is 1. The maximum absolute atomic E-state index is 12.7. The van der Waals surface area contributed by atoms with Crippen LogP contribution in [0.1, 0.15) is 21.7 Å². The molecule has 0 fully saturated rings. The normalized spacial score (nSPS) is 11.0. The summed E-state index contributed by atoms with van der Waals surface area (Å²) in [6.45, 7) is 3.96. The Labute approximate surface area is 145 Å². The van der Waals surface area contributed by atoms with E-state index in [1.54, 1.807) is 0 Å². The van der Waals surface area contributed by atoms with Gasteiger partial charge in [0, 0.05) is 28.4 Å². The number of hydrogen-bond donors (Lipinski definition) is 2. The van der Waals surface area contributed by atoms with Gasteiger partial charge in [-0.05, 0) is 56.3 Å². The van der Waals surface area contributed by atoms with Gasteiger partial charge in [0.25, 0.3) is 5.91 Å². The predicted octanol–water partition coefficient (Wildman–Crippen LogP) is 4.22. The molecule has 0 aliphatic carbocycles. The summed E-state index contributed by atoms with van der Waals surface area (Å²) < 4.78 is 1.85. The third kappa shape index (κ3) is 2.80. The largest absolute Gasteiger partial charge is 0.361 e. The van der Waals surface area contributed by atoms with Crippen LogP contribution >= 0.6 is 0 Å². The molecule has 0 atom stereocenters. The molecule has 2 N–H and O–H groups in total. The second-order valence-electron chi connectivity index (χ2n) is 6.09. The zero-order valence-corrected chi connectivity index (χ0v) is 14.1. The van der Waals surface area contributed by atoms with E-state index in [9.17, 15) is 4.79 Å². The lowest BCUT2D eigenvalue weighted by atomic mass is 10.1. The number of fused-ring (bicyclic) bond motifs is 1. The van der Waals surface area contributed by atoms with Gasteiger partial charge in [-0.15, -0.1) is 0 Å². The first kappa shape index (κ1) is 15.2. The fourth-order valence-electron chi connectivity index (χ4n) is 3.06. The van der Waals surface area contributed by atoms with Gasteiger partial charge in [-0.25, -0.2) is 4.68 Å². The van der Waals surface area contributed by atoms with Crippen LogP contribution in [0.4, 0.5) is 5.69 Å². The van der Waals surface area contributed by atoms with Crippen molar-refractivity contribution in [1.29, 1.82) is 0 Å². The van der Waals surface area contributed by atoms with Crippen LogP contribution in [-0.2, 0) is 0 Å². The van der Waals surface area contributed by atoms with Gasteiger partial charge in [-0.2, -0.15) is 5.10 Å². The van der Waals surface area contributed by atoms with E-state index in [0.717, 1.165) is 33.7 Å². The van der Waals surface area contributed by atoms with Crippen molar-refractivity contribution in [2.24, 2.45) is 0 Å². The first-order valence-electron chi connectivity index (χ1n) is 8.13. The lowest BCUT2D eigenvalue weighted by Gasteiger charge is -2.09. The fourth-order valence-corrected chi connectivity index (χ4v) is 3.06. The summed E-state index contributed by atoms with van der Waals surface area (Å²) in [7, 11) is 0. The van der Waals surface area contributed by atoms with Crippen molar-refractivity contribution in [3.63, 3.8) is 0 Å². The third-order valence-corrected chi connectivity index (χ3v) is 4.21. The number of hydrogen-bond acceptors (Lipinski definition) is 2. The number of amides is 1. The maximum Gasteiger partial charge on any atom is 0.255 e. The Morgan fingerprint density at radius 2 is 1.92 bits per heavy atom. The number of benzene rings is 2. The molecule has 5 nitrogen and oxygen atoms in total. The van der Waals surface area contributed by atoms with E-state index in [0.29, 0.717) is 5.56 Å². The van der Waals surface area contributed by atoms with Crippen molar-refractivity contribution < 1.29 is 4.79 Å². The van der Waals surface area contributed by atoms with Crippen molar-refractivity contribution in [2.75, 3.05) is 5.32 Å². The van der Waals surface area contributed by atoms with Crippen LogP contribution in [0.2, 0.25) is 0 Å². The van der Waals surface area contributed by atoms with E-state index in [2.05, 4.69) is 15.4 Å². The highest BCUT2D eigenvalue weighted by Crippen LogP contribution is 2.23. The highest BCUT2D eigenvalue weighted by atomic mass is 16.1. The van der Waals surface area contributed by atoms with Gasteiger partial charge < -0.3 is 10.3 Å². The van der Waals surface area contributed by atoms with Gasteiger partial charge in [0.1, 0.15) is 0 Å². The van der Waals surface area contributed by atoms with Crippen molar-refractivity contribution in [2.45, 2.75) is 13.8 Å². The molecule has 0 spiro atoms. The van der Waals surface area contributed by atoms with E-state index >= 15 is 0 Å². The number of carbonyl (C=O) groups is 1. The van der Waals surface area contributed by atoms with Gasteiger partial charge in [0.2, 0.25) is 0 Å². The van der Waals surface area contributed by atoms with Crippen LogP contribution in [0.15, 0.2) is 60.8 Å². The molecule has 5 heteroatoms. The van der Waals surface area contributed by atoms with Crippen LogP contribution in [0.5, 0.6) is 0 Å². The Kier molecular flexibility index (Phi) is 3.61. The van der Waals surface area contributed by atoms with Gasteiger partial charge in [-0.3, -0.25) is 4.79 Å². The Morgan fingerprint density at radius 1 is 1.08 bits per heavy atom. The molecule has 2 aromatic heterocycles. The summed E-state index contributed by atoms with van der Waals surface area (Å²) in [5, 5.41) is 8.47. The first-order chi connectivity index (χ1) is 12.1. The standard InChI is InChI=1S/C20H18N4O/c1-13-11-14(2)24(23-13)16-6-3-5-15(12-16)20(25)22-19-8-4-7-18-17(19)9-10-21-18/h3-12,21H,1-2H3,(H,22,25). The third-order valence-electron chi connectivity index (χ3n) is 4.21. The summed E-state index contributed by atoms with van der Waals surface area (Å²) in [4.78, 5) is 15.9. The molecule has 0 radical (unpaired) electrons. The summed E-state index contributed by atoms with van der Waals surface area (Å²) in [6, 6.07) is 17.2. The van der Waals surface area contributed by atoms with E-state index in [1.807, 2.05) is 79.3 Å². The average Bonchev–Trinajstić information content (AvgIpc) is 3.21. The van der Waals surface area contributed by atoms with Crippen LogP contribution in [-0.4, -0.2) is 20.7 Å². The minimum absolute atomic E-state index is 0.142. The molecule has 124 valence electrons. The molecule has 4 rings (SSSR count). The van der Waals surface area contributed by atoms with Crippen LogP contribution in [0.3, 0.4) is 0 Å². The van der Waals surface area contributed by atoms with E-state index in [-0.39, 0.29) is 5.91 Å². The molecular weight excluding hydrogens is 312 g/mol. The zero-order chi connectivity index (χ0) is 17.4. The Balaban J connectivity index is 1.66. The number of nitrogens with one attached hydrogen (secondary N) is 2. The lowest BCUT2D eigenvalue weighted by molar-refractivity contribution is 0.102. The van der Waals surface area contributed by atoms with Crippen molar-refractivity contribution in [3.05, 3.63) is 77.7 Å². The topological polar surface area (TPSA) is 62.7 Å². The molecular formula is C20H18N4O. The number of aromatic amines is 1. The molecule has 0 aliphatic rings. The molecule has 1 amide bonds. The molecule has 0 saturated heterocycles. The van der Waals surface area contributed by atoms with Crippen LogP contribution < -0.4 is 5.32 Å². The molecule has 0 aliphatic heterocycles. The number of anilines is 1. The molecule has 2 heterocycles. The van der Waals surface area contributed by atoms with Gasteiger partial charge in [0.05, 0.1) is 17.1 Å². The van der Waals surface area contributed by atoms with Crippen LogP contribution in [0.25, 0.3) is 16.6 Å². The lowest BCUT2D eigenvalue weighted by Crippen LogP contribution is -2.12. The first-order valence-corrected chi connectivity index (χ1v) is 8.13. The van der Waals surface area contributed by atoms with E-state index in [4.69, 9.17) is 0 Å². The van der Waals surface area contributed by atoms with Crippen molar-refractivity contribution in [1.82, 2.24) is 14.8 Å². The molecule has 0 unspecified atom stereocenters. The van der Waals surface area contributed by atoms with Gasteiger partial charge >= 0.3 is 0 Å². The monoisotopic (exact) mass is 330 g/mol. The number of nitrogens with zero attached hydrogens (tertiary/aromatic N) is 2.